The average Bonchev–Trinajstić information content (AvgIpc) is 3.55. The van der Waals surface area contributed by atoms with Crippen LogP contribution in [0.4, 0.5) is 0 Å². The van der Waals surface area contributed by atoms with Crippen LogP contribution in [0.15, 0.2) is 97.1 Å². The number of rotatable bonds is 7. The summed E-state index contributed by atoms with van der Waals surface area (Å²) in [7, 11) is 0. The smallest absolute Gasteiger partial charge is 0.179 e. The molecule has 4 aromatic rings. The molecule has 38 heavy (non-hydrogen) atoms. The number of hydrogen-bond acceptors (Lipinski definition) is 5. The second kappa shape index (κ2) is 9.79. The average molecular weight is 511 g/mol. The van der Waals surface area contributed by atoms with Gasteiger partial charge in [-0.05, 0) is 50.5 Å². The van der Waals surface area contributed by atoms with Crippen molar-refractivity contribution in [3.63, 3.8) is 0 Å². The van der Waals surface area contributed by atoms with Crippen LogP contribution in [0, 0.1) is 13.8 Å². The highest BCUT2D eigenvalue weighted by atomic mass is 16.8. The van der Waals surface area contributed by atoms with Crippen molar-refractivity contribution in [1.82, 2.24) is 9.78 Å². The Labute approximate surface area is 224 Å². The molecular weight excluding hydrogens is 476 g/mol. The molecule has 1 aromatic heterocycles. The lowest BCUT2D eigenvalue weighted by atomic mass is 9.80. The van der Waals surface area contributed by atoms with Crippen molar-refractivity contribution in [2.45, 2.75) is 63.6 Å². The Bertz CT molecular complexity index is 1270. The Morgan fingerprint density at radius 1 is 0.789 bits per heavy atom. The number of aromatic nitrogens is 2. The van der Waals surface area contributed by atoms with Gasteiger partial charge in [-0.3, -0.25) is 0 Å². The van der Waals surface area contributed by atoms with Gasteiger partial charge in [0.1, 0.15) is 23.9 Å². The van der Waals surface area contributed by atoms with Gasteiger partial charge in [0.15, 0.2) is 12.0 Å². The summed E-state index contributed by atoms with van der Waals surface area (Å²) in [6.07, 6.45) is -1.34. The SMILES string of the molecule is Cc1cc(C)n([C@@H]2O[C@H](COC(c3ccccc3)(c3ccccc3)c3ccccc3)[C@H]3OC(C)(C)O[C@H]32)n1. The highest BCUT2D eigenvalue weighted by molar-refractivity contribution is 5.47. The predicted octanol–water partition coefficient (Wildman–Crippen LogP) is 5.93. The quantitative estimate of drug-likeness (QED) is 0.289. The fourth-order valence-corrected chi connectivity index (χ4v) is 5.87. The van der Waals surface area contributed by atoms with Crippen LogP contribution in [0.5, 0.6) is 0 Å². The zero-order valence-corrected chi connectivity index (χ0v) is 22.3. The van der Waals surface area contributed by atoms with Crippen molar-refractivity contribution in [1.29, 1.82) is 0 Å². The first kappa shape index (κ1) is 25.0. The summed E-state index contributed by atoms with van der Waals surface area (Å²) in [5.41, 5.74) is 4.27. The van der Waals surface area contributed by atoms with Crippen LogP contribution in [0.2, 0.25) is 0 Å². The van der Waals surface area contributed by atoms with E-state index in [1.165, 1.54) is 0 Å². The fourth-order valence-electron chi connectivity index (χ4n) is 5.87. The summed E-state index contributed by atoms with van der Waals surface area (Å²) in [4.78, 5) is 0. The van der Waals surface area contributed by atoms with Crippen molar-refractivity contribution in [3.05, 3.63) is 125 Å². The molecule has 2 saturated heterocycles. The molecule has 4 atom stereocenters. The Morgan fingerprint density at radius 3 is 1.76 bits per heavy atom. The van der Waals surface area contributed by atoms with Crippen molar-refractivity contribution in [3.8, 4) is 0 Å². The molecule has 0 aliphatic carbocycles. The summed E-state index contributed by atoms with van der Waals surface area (Å²) < 4.78 is 28.4. The third-order valence-corrected chi connectivity index (χ3v) is 7.42. The molecule has 196 valence electrons. The van der Waals surface area contributed by atoms with E-state index in [1.807, 2.05) is 56.6 Å². The first-order valence-corrected chi connectivity index (χ1v) is 13.2. The molecule has 6 heteroatoms. The van der Waals surface area contributed by atoms with E-state index in [2.05, 4.69) is 72.8 Å². The largest absolute Gasteiger partial charge is 0.358 e. The van der Waals surface area contributed by atoms with Crippen LogP contribution in [0.1, 0.15) is 48.2 Å². The minimum Gasteiger partial charge on any atom is -0.358 e. The van der Waals surface area contributed by atoms with Gasteiger partial charge in [-0.1, -0.05) is 91.0 Å². The number of aryl methyl sites for hydroxylation is 2. The molecule has 6 rings (SSSR count). The molecular formula is C32H34N2O4. The standard InChI is InChI=1S/C32H34N2O4/c1-22-20-23(2)34(33-22)30-29-28(37-31(3,4)38-29)27(36-30)21-35-32(24-14-8-5-9-15-24,25-16-10-6-11-17-25)26-18-12-7-13-19-26/h5-20,27-30H,21H2,1-4H3/t27-,28-,29-,30-/m1/s1. The van der Waals surface area contributed by atoms with Crippen molar-refractivity contribution >= 4 is 0 Å². The maximum atomic E-state index is 7.08. The minimum absolute atomic E-state index is 0.293. The monoisotopic (exact) mass is 510 g/mol. The molecule has 6 nitrogen and oxygen atoms in total. The topological polar surface area (TPSA) is 54.7 Å². The van der Waals surface area contributed by atoms with Gasteiger partial charge >= 0.3 is 0 Å². The van der Waals surface area contributed by atoms with Crippen LogP contribution in [0.25, 0.3) is 0 Å². The van der Waals surface area contributed by atoms with Crippen LogP contribution in [-0.2, 0) is 24.5 Å². The Morgan fingerprint density at radius 2 is 1.29 bits per heavy atom. The molecule has 2 aliphatic heterocycles. The van der Waals surface area contributed by atoms with E-state index in [9.17, 15) is 0 Å². The number of ether oxygens (including phenoxy) is 4. The van der Waals surface area contributed by atoms with E-state index >= 15 is 0 Å². The molecule has 3 heterocycles. The van der Waals surface area contributed by atoms with Crippen LogP contribution in [-0.4, -0.2) is 40.5 Å². The molecule has 2 aliphatic rings. The lowest BCUT2D eigenvalue weighted by molar-refractivity contribution is -0.206. The molecule has 0 bridgehead atoms. The number of hydrogen-bond donors (Lipinski definition) is 0. The van der Waals surface area contributed by atoms with Gasteiger partial charge in [-0.25, -0.2) is 4.68 Å². The van der Waals surface area contributed by atoms with E-state index in [-0.39, 0.29) is 18.3 Å². The first-order valence-electron chi connectivity index (χ1n) is 13.2. The lowest BCUT2D eigenvalue weighted by Gasteiger charge is -2.37. The highest BCUT2D eigenvalue weighted by Gasteiger charge is 2.57. The van der Waals surface area contributed by atoms with Crippen LogP contribution >= 0.6 is 0 Å². The minimum atomic E-state index is -0.839. The van der Waals surface area contributed by atoms with E-state index in [0.29, 0.717) is 6.61 Å². The van der Waals surface area contributed by atoms with Crippen molar-refractivity contribution < 1.29 is 18.9 Å². The van der Waals surface area contributed by atoms with Gasteiger partial charge in [-0.15, -0.1) is 0 Å². The zero-order valence-electron chi connectivity index (χ0n) is 22.3. The van der Waals surface area contributed by atoms with Crippen molar-refractivity contribution in [2.24, 2.45) is 0 Å². The summed E-state index contributed by atoms with van der Waals surface area (Å²) in [6.45, 7) is 8.22. The van der Waals surface area contributed by atoms with Gasteiger partial charge in [0, 0.05) is 5.69 Å². The summed E-state index contributed by atoms with van der Waals surface area (Å²) >= 11 is 0. The fraction of sp³-hybridized carbons (Fsp3) is 0.344. The second-order valence-corrected chi connectivity index (χ2v) is 10.6. The van der Waals surface area contributed by atoms with E-state index in [0.717, 1.165) is 28.1 Å². The van der Waals surface area contributed by atoms with Crippen LogP contribution < -0.4 is 0 Å². The number of nitrogens with zero attached hydrogens (tertiary/aromatic N) is 2. The van der Waals surface area contributed by atoms with Crippen LogP contribution in [0.3, 0.4) is 0 Å². The Hall–Kier alpha value is -3.29. The van der Waals surface area contributed by atoms with E-state index in [1.54, 1.807) is 0 Å². The molecule has 0 radical (unpaired) electrons. The molecule has 2 fully saturated rings. The van der Waals surface area contributed by atoms with E-state index < -0.39 is 17.6 Å². The van der Waals surface area contributed by atoms with Crippen molar-refractivity contribution in [2.75, 3.05) is 6.61 Å². The zero-order chi connectivity index (χ0) is 26.3. The van der Waals surface area contributed by atoms with Gasteiger partial charge < -0.3 is 18.9 Å². The molecule has 0 saturated carbocycles. The summed E-state index contributed by atoms with van der Waals surface area (Å²) in [6, 6.07) is 33.2. The lowest BCUT2D eigenvalue weighted by Crippen LogP contribution is -2.39. The summed E-state index contributed by atoms with van der Waals surface area (Å²) in [5.74, 6) is -0.721. The maximum absolute atomic E-state index is 7.08. The van der Waals surface area contributed by atoms with Gasteiger partial charge in [-0.2, -0.15) is 5.10 Å². The molecule has 0 spiro atoms. The first-order chi connectivity index (χ1) is 18.4. The predicted molar refractivity (Wildman–Crippen MR) is 145 cm³/mol. The van der Waals surface area contributed by atoms with Gasteiger partial charge in [0.25, 0.3) is 0 Å². The number of benzene rings is 3. The Balaban J connectivity index is 1.40. The summed E-state index contributed by atoms with van der Waals surface area (Å²) in [5, 5.41) is 4.70. The highest BCUT2D eigenvalue weighted by Crippen LogP contribution is 2.46. The molecule has 0 N–H and O–H groups in total. The third kappa shape index (κ3) is 4.37. The van der Waals surface area contributed by atoms with E-state index in [4.69, 9.17) is 24.0 Å². The molecule has 0 amide bonds. The normalized spacial score (nSPS) is 24.4. The third-order valence-electron chi connectivity index (χ3n) is 7.42. The number of fused-ring (bicyclic) bond motifs is 1. The van der Waals surface area contributed by atoms with Gasteiger partial charge in [0.2, 0.25) is 0 Å². The molecule has 3 aromatic carbocycles. The second-order valence-electron chi connectivity index (χ2n) is 10.6. The maximum Gasteiger partial charge on any atom is 0.179 e. The van der Waals surface area contributed by atoms with Gasteiger partial charge in [0.05, 0.1) is 12.3 Å². The Kier molecular flexibility index (Phi) is 6.44. The molecule has 0 unspecified atom stereocenters.